The van der Waals surface area contributed by atoms with Crippen LogP contribution in [0.25, 0.3) is 0 Å². The molecule has 3 aliphatic rings. The van der Waals surface area contributed by atoms with E-state index in [1.54, 1.807) is 4.90 Å². The Bertz CT molecular complexity index is 709. The standard InChI is InChI=1S/C17H23N3O6S/c1-3-4-26-17(25)13-11(7-19-6-9(22)5-10(19)14(18)23)27-16-12(8(2)21)15(24)20(13)16/h3,8-10,12,16,21-22H,1,4-7H2,2H3,(H2,18,23)/t8-,9+,10-,12+,16-/m1/s1. The third-order valence-electron chi connectivity index (χ3n) is 4.95. The average Bonchev–Trinajstić information content (AvgIpc) is 3.10. The monoisotopic (exact) mass is 397 g/mol. The molecule has 0 aromatic rings. The number of hydrogen-bond donors (Lipinski definition) is 3. The largest absolute Gasteiger partial charge is 0.457 e. The van der Waals surface area contributed by atoms with Gasteiger partial charge in [-0.15, -0.1) is 11.8 Å². The number of nitrogens with two attached hydrogens (primary N) is 1. The highest BCUT2D eigenvalue weighted by atomic mass is 32.2. The zero-order valence-electron chi connectivity index (χ0n) is 14.9. The Morgan fingerprint density at radius 2 is 2.22 bits per heavy atom. The average molecular weight is 397 g/mol. The lowest BCUT2D eigenvalue weighted by Crippen LogP contribution is -2.60. The highest BCUT2D eigenvalue weighted by molar-refractivity contribution is 8.04. The summed E-state index contributed by atoms with van der Waals surface area (Å²) in [5.41, 5.74) is 5.54. The minimum absolute atomic E-state index is 0.000845. The van der Waals surface area contributed by atoms with E-state index in [9.17, 15) is 24.6 Å². The maximum absolute atomic E-state index is 12.5. The summed E-state index contributed by atoms with van der Waals surface area (Å²) in [5, 5.41) is 19.4. The van der Waals surface area contributed by atoms with Gasteiger partial charge >= 0.3 is 5.97 Å². The Labute approximate surface area is 160 Å². The predicted molar refractivity (Wildman–Crippen MR) is 96.8 cm³/mol. The molecule has 4 N–H and O–H groups in total. The molecule has 2 fully saturated rings. The summed E-state index contributed by atoms with van der Waals surface area (Å²) in [5.74, 6) is -2.15. The number of β-lactam (4-membered cyclic amide) rings is 1. The van der Waals surface area contributed by atoms with Gasteiger partial charge in [-0.1, -0.05) is 12.7 Å². The number of β-amino-alcohol motifs (C(OH)–C–C–N with tert-alkyl or cyclic N) is 1. The lowest BCUT2D eigenvalue weighted by atomic mass is 9.92. The number of carbonyl (C=O) groups excluding carboxylic acids is 3. The van der Waals surface area contributed by atoms with Crippen molar-refractivity contribution in [1.29, 1.82) is 0 Å². The van der Waals surface area contributed by atoms with Crippen LogP contribution in [0.5, 0.6) is 0 Å². The van der Waals surface area contributed by atoms with E-state index >= 15 is 0 Å². The molecule has 27 heavy (non-hydrogen) atoms. The van der Waals surface area contributed by atoms with E-state index in [4.69, 9.17) is 10.5 Å². The summed E-state index contributed by atoms with van der Waals surface area (Å²) in [4.78, 5) is 40.2. The molecule has 0 aliphatic carbocycles. The molecule has 0 spiro atoms. The van der Waals surface area contributed by atoms with Crippen LogP contribution in [0.2, 0.25) is 0 Å². The highest BCUT2D eigenvalue weighted by Gasteiger charge is 2.58. The summed E-state index contributed by atoms with van der Waals surface area (Å²) in [7, 11) is 0. The smallest absolute Gasteiger partial charge is 0.356 e. The molecule has 148 valence electrons. The first-order valence-corrected chi connectivity index (χ1v) is 9.54. The van der Waals surface area contributed by atoms with Gasteiger partial charge < -0.3 is 20.7 Å². The van der Waals surface area contributed by atoms with Crippen molar-refractivity contribution in [1.82, 2.24) is 9.80 Å². The van der Waals surface area contributed by atoms with E-state index in [1.165, 1.54) is 29.7 Å². The fourth-order valence-corrected chi connectivity index (χ4v) is 5.32. The van der Waals surface area contributed by atoms with Gasteiger partial charge in [0, 0.05) is 18.0 Å². The molecule has 3 heterocycles. The van der Waals surface area contributed by atoms with Crippen molar-refractivity contribution in [3.8, 4) is 0 Å². The van der Waals surface area contributed by atoms with Crippen LogP contribution in [0, 0.1) is 5.92 Å². The van der Waals surface area contributed by atoms with Crippen LogP contribution in [0.1, 0.15) is 13.3 Å². The van der Waals surface area contributed by atoms with Crippen LogP contribution in [0.15, 0.2) is 23.3 Å². The van der Waals surface area contributed by atoms with Crippen molar-refractivity contribution in [3.63, 3.8) is 0 Å². The Hall–Kier alpha value is -1.88. The number of carbonyl (C=O) groups is 3. The summed E-state index contributed by atoms with van der Waals surface area (Å²) in [6.07, 6.45) is 0.123. The van der Waals surface area contributed by atoms with E-state index in [0.29, 0.717) is 4.91 Å². The van der Waals surface area contributed by atoms with Gasteiger partial charge in [-0.05, 0) is 13.3 Å². The number of rotatable bonds is 7. The number of fused-ring (bicyclic) bond motifs is 1. The van der Waals surface area contributed by atoms with Crippen molar-refractivity contribution < 1.29 is 29.3 Å². The Balaban J connectivity index is 1.86. The van der Waals surface area contributed by atoms with Gasteiger partial charge in [-0.25, -0.2) is 4.79 Å². The van der Waals surface area contributed by atoms with Crippen molar-refractivity contribution >= 4 is 29.5 Å². The van der Waals surface area contributed by atoms with Gasteiger partial charge in [-0.3, -0.25) is 19.4 Å². The number of likely N-dealkylation sites (tertiary alicyclic amines) is 1. The predicted octanol–water partition coefficient (Wildman–Crippen LogP) is -1.24. The number of aliphatic hydroxyl groups is 2. The molecule has 2 amide bonds. The number of primary amides is 1. The van der Waals surface area contributed by atoms with Crippen molar-refractivity contribution in [2.24, 2.45) is 11.7 Å². The first kappa shape index (κ1) is 19.9. The number of amides is 2. The summed E-state index contributed by atoms with van der Waals surface area (Å²) < 4.78 is 5.12. The Kier molecular flexibility index (Phi) is 5.61. The van der Waals surface area contributed by atoms with E-state index < -0.39 is 41.4 Å². The molecule has 0 radical (unpaired) electrons. The number of nitrogens with zero attached hydrogens (tertiary/aromatic N) is 2. The molecule has 0 saturated carbocycles. The van der Waals surface area contributed by atoms with Crippen LogP contribution in [-0.4, -0.2) is 81.1 Å². The topological polar surface area (TPSA) is 133 Å². The van der Waals surface area contributed by atoms with Crippen molar-refractivity contribution in [2.75, 3.05) is 19.7 Å². The molecular weight excluding hydrogens is 374 g/mol. The molecule has 2 saturated heterocycles. The van der Waals surface area contributed by atoms with E-state index in [1.807, 2.05) is 0 Å². The quantitative estimate of drug-likeness (QED) is 0.276. The van der Waals surface area contributed by atoms with E-state index in [-0.39, 0.29) is 37.7 Å². The SMILES string of the molecule is C=CCOC(=O)C1=C(CN2C[C@@H](O)C[C@@H]2C(N)=O)S[C@@H]2[C@@H]([C@@H](C)O)C(=O)N12. The fraction of sp³-hybridized carbons (Fsp3) is 0.588. The van der Waals surface area contributed by atoms with Crippen LogP contribution in [0.4, 0.5) is 0 Å². The number of thioether (sulfide) groups is 1. The molecule has 0 aromatic carbocycles. The maximum Gasteiger partial charge on any atom is 0.356 e. The minimum Gasteiger partial charge on any atom is -0.457 e. The molecule has 0 aromatic heterocycles. The summed E-state index contributed by atoms with van der Waals surface area (Å²) in [6, 6.07) is -0.643. The normalized spacial score (nSPS) is 31.5. The van der Waals surface area contributed by atoms with Gasteiger partial charge in [0.15, 0.2) is 0 Å². The number of aliphatic hydroxyl groups excluding tert-OH is 2. The second-order valence-corrected chi connectivity index (χ2v) is 8.09. The first-order valence-electron chi connectivity index (χ1n) is 8.66. The van der Waals surface area contributed by atoms with Crippen LogP contribution in [0.3, 0.4) is 0 Å². The van der Waals surface area contributed by atoms with Gasteiger partial charge in [0.05, 0.1) is 24.2 Å². The Morgan fingerprint density at radius 1 is 1.52 bits per heavy atom. The molecule has 10 heteroatoms. The van der Waals surface area contributed by atoms with Gasteiger partial charge in [0.1, 0.15) is 17.7 Å². The number of ether oxygens (including phenoxy) is 1. The van der Waals surface area contributed by atoms with Gasteiger partial charge in [0.25, 0.3) is 0 Å². The number of esters is 1. The molecule has 0 unspecified atom stereocenters. The summed E-state index contributed by atoms with van der Waals surface area (Å²) in [6.45, 7) is 5.46. The van der Waals surface area contributed by atoms with Crippen LogP contribution < -0.4 is 5.73 Å². The van der Waals surface area contributed by atoms with Gasteiger partial charge in [0.2, 0.25) is 11.8 Å². The third kappa shape index (κ3) is 3.49. The third-order valence-corrected chi connectivity index (χ3v) is 6.31. The first-order chi connectivity index (χ1) is 12.8. The van der Waals surface area contributed by atoms with Crippen molar-refractivity contribution in [2.45, 2.75) is 37.0 Å². The van der Waals surface area contributed by atoms with Crippen LogP contribution in [-0.2, 0) is 19.1 Å². The second kappa shape index (κ2) is 7.63. The zero-order valence-corrected chi connectivity index (χ0v) is 15.7. The number of hydrogen-bond acceptors (Lipinski definition) is 8. The van der Waals surface area contributed by atoms with Gasteiger partial charge in [-0.2, -0.15) is 0 Å². The molecule has 3 rings (SSSR count). The second-order valence-electron chi connectivity index (χ2n) is 6.88. The lowest BCUT2D eigenvalue weighted by Gasteiger charge is -2.43. The lowest BCUT2D eigenvalue weighted by molar-refractivity contribution is -0.158. The van der Waals surface area contributed by atoms with E-state index in [2.05, 4.69) is 6.58 Å². The van der Waals surface area contributed by atoms with Crippen LogP contribution >= 0.6 is 11.8 Å². The molecular formula is C17H23N3O6S. The zero-order chi connectivity index (χ0) is 19.9. The fourth-order valence-electron chi connectivity index (χ4n) is 3.69. The maximum atomic E-state index is 12.5. The highest BCUT2D eigenvalue weighted by Crippen LogP contribution is 2.50. The molecule has 0 bridgehead atoms. The Morgan fingerprint density at radius 3 is 2.81 bits per heavy atom. The summed E-state index contributed by atoms with van der Waals surface area (Å²) >= 11 is 1.29. The van der Waals surface area contributed by atoms with E-state index in [0.717, 1.165) is 0 Å². The van der Waals surface area contributed by atoms with Crippen molar-refractivity contribution in [3.05, 3.63) is 23.3 Å². The molecule has 5 atom stereocenters. The molecule has 9 nitrogen and oxygen atoms in total. The minimum atomic E-state index is -0.844. The molecule has 3 aliphatic heterocycles.